The minimum Gasteiger partial charge on any atom is -0.381 e. The topological polar surface area (TPSA) is 26.3 Å². The van der Waals surface area contributed by atoms with Crippen LogP contribution in [0.5, 0.6) is 0 Å². The van der Waals surface area contributed by atoms with Gasteiger partial charge in [0.15, 0.2) is 0 Å². The standard InChI is InChI=1S/C10H18O2/c1-4-6-10(12-3)8-5-7-9(2)11/h4,10H,1,5-8H2,2-3H3. The van der Waals surface area contributed by atoms with Crippen molar-refractivity contribution >= 4 is 5.78 Å². The van der Waals surface area contributed by atoms with Gasteiger partial charge in [0.05, 0.1) is 6.10 Å². The third-order valence-corrected chi connectivity index (χ3v) is 1.82. The summed E-state index contributed by atoms with van der Waals surface area (Å²) in [6, 6.07) is 0. The van der Waals surface area contributed by atoms with Gasteiger partial charge in [-0.2, -0.15) is 0 Å². The molecule has 0 aromatic carbocycles. The summed E-state index contributed by atoms with van der Waals surface area (Å²) in [6.07, 6.45) is 5.48. The molecule has 0 fully saturated rings. The van der Waals surface area contributed by atoms with Gasteiger partial charge in [0.25, 0.3) is 0 Å². The molecule has 0 bridgehead atoms. The van der Waals surface area contributed by atoms with Crippen LogP contribution >= 0.6 is 0 Å². The van der Waals surface area contributed by atoms with E-state index in [0.717, 1.165) is 19.3 Å². The fraction of sp³-hybridized carbons (Fsp3) is 0.700. The van der Waals surface area contributed by atoms with E-state index in [0.29, 0.717) is 6.42 Å². The van der Waals surface area contributed by atoms with Gasteiger partial charge in [-0.05, 0) is 26.2 Å². The number of ether oxygens (including phenoxy) is 1. The predicted molar refractivity (Wildman–Crippen MR) is 50.1 cm³/mol. The lowest BCUT2D eigenvalue weighted by molar-refractivity contribution is -0.117. The Morgan fingerprint density at radius 3 is 2.75 bits per heavy atom. The van der Waals surface area contributed by atoms with Crippen molar-refractivity contribution in [1.29, 1.82) is 0 Å². The molecular formula is C10H18O2. The van der Waals surface area contributed by atoms with Gasteiger partial charge in [-0.15, -0.1) is 6.58 Å². The summed E-state index contributed by atoms with van der Waals surface area (Å²) in [5, 5.41) is 0. The number of carbonyl (C=O) groups excluding carboxylic acids is 1. The third-order valence-electron chi connectivity index (χ3n) is 1.82. The first-order valence-electron chi connectivity index (χ1n) is 4.33. The van der Waals surface area contributed by atoms with Gasteiger partial charge in [-0.3, -0.25) is 0 Å². The third kappa shape index (κ3) is 6.10. The van der Waals surface area contributed by atoms with E-state index in [1.165, 1.54) is 0 Å². The Morgan fingerprint density at radius 1 is 1.67 bits per heavy atom. The lowest BCUT2D eigenvalue weighted by Gasteiger charge is -2.11. The van der Waals surface area contributed by atoms with Crippen LogP contribution in [0, 0.1) is 0 Å². The smallest absolute Gasteiger partial charge is 0.129 e. The Morgan fingerprint density at radius 2 is 2.33 bits per heavy atom. The summed E-state index contributed by atoms with van der Waals surface area (Å²) < 4.78 is 5.19. The van der Waals surface area contributed by atoms with Crippen molar-refractivity contribution in [1.82, 2.24) is 0 Å². The summed E-state index contributed by atoms with van der Waals surface area (Å²) in [5.41, 5.74) is 0. The molecule has 2 heteroatoms. The van der Waals surface area contributed by atoms with E-state index in [1.54, 1.807) is 14.0 Å². The molecule has 0 aromatic rings. The van der Waals surface area contributed by atoms with Crippen LogP contribution in [-0.2, 0) is 9.53 Å². The van der Waals surface area contributed by atoms with Gasteiger partial charge in [0, 0.05) is 13.5 Å². The monoisotopic (exact) mass is 170 g/mol. The number of rotatable bonds is 7. The largest absolute Gasteiger partial charge is 0.381 e. The Kier molecular flexibility index (Phi) is 6.67. The van der Waals surface area contributed by atoms with Gasteiger partial charge in [-0.25, -0.2) is 0 Å². The van der Waals surface area contributed by atoms with E-state index in [9.17, 15) is 4.79 Å². The maximum Gasteiger partial charge on any atom is 0.129 e. The molecule has 0 N–H and O–H groups in total. The first-order valence-corrected chi connectivity index (χ1v) is 4.33. The Balaban J connectivity index is 3.43. The zero-order chi connectivity index (χ0) is 9.40. The quantitative estimate of drug-likeness (QED) is 0.548. The molecule has 0 aromatic heterocycles. The lowest BCUT2D eigenvalue weighted by Crippen LogP contribution is -2.09. The van der Waals surface area contributed by atoms with Gasteiger partial charge in [0.1, 0.15) is 5.78 Å². The van der Waals surface area contributed by atoms with Crippen LogP contribution in [0.25, 0.3) is 0 Å². The predicted octanol–water partition coefficient (Wildman–Crippen LogP) is 2.34. The average molecular weight is 170 g/mol. The van der Waals surface area contributed by atoms with Gasteiger partial charge in [0.2, 0.25) is 0 Å². The fourth-order valence-corrected chi connectivity index (χ4v) is 1.10. The van der Waals surface area contributed by atoms with Crippen LogP contribution < -0.4 is 0 Å². The Bertz CT molecular complexity index is 141. The molecule has 0 spiro atoms. The second kappa shape index (κ2) is 7.04. The van der Waals surface area contributed by atoms with Gasteiger partial charge in [-0.1, -0.05) is 6.08 Å². The molecule has 0 radical (unpaired) electrons. The summed E-state index contributed by atoms with van der Waals surface area (Å²) in [5.74, 6) is 0.253. The van der Waals surface area contributed by atoms with Crippen LogP contribution in [0.4, 0.5) is 0 Å². The number of methoxy groups -OCH3 is 1. The number of Topliss-reactive ketones (excluding diaryl/α,β-unsaturated/α-hetero) is 1. The van der Waals surface area contributed by atoms with Gasteiger partial charge >= 0.3 is 0 Å². The minimum absolute atomic E-state index is 0.238. The van der Waals surface area contributed by atoms with E-state index in [4.69, 9.17) is 4.74 Å². The zero-order valence-corrected chi connectivity index (χ0v) is 8.01. The lowest BCUT2D eigenvalue weighted by atomic mass is 10.1. The minimum atomic E-state index is 0.238. The van der Waals surface area contributed by atoms with Crippen LogP contribution in [-0.4, -0.2) is 19.0 Å². The van der Waals surface area contributed by atoms with E-state index in [1.807, 2.05) is 6.08 Å². The zero-order valence-electron chi connectivity index (χ0n) is 8.01. The van der Waals surface area contributed by atoms with Gasteiger partial charge < -0.3 is 9.53 Å². The second-order valence-corrected chi connectivity index (χ2v) is 2.98. The van der Waals surface area contributed by atoms with Crippen molar-refractivity contribution < 1.29 is 9.53 Å². The molecule has 0 saturated carbocycles. The molecule has 12 heavy (non-hydrogen) atoms. The highest BCUT2D eigenvalue weighted by Crippen LogP contribution is 2.08. The Labute approximate surface area is 74.6 Å². The van der Waals surface area contributed by atoms with E-state index >= 15 is 0 Å². The number of ketones is 1. The summed E-state index contributed by atoms with van der Waals surface area (Å²) in [7, 11) is 1.70. The molecule has 2 nitrogen and oxygen atoms in total. The van der Waals surface area contributed by atoms with Crippen molar-refractivity contribution in [2.45, 2.75) is 38.7 Å². The number of hydrogen-bond donors (Lipinski definition) is 0. The molecule has 0 rings (SSSR count). The Hall–Kier alpha value is -0.630. The highest BCUT2D eigenvalue weighted by atomic mass is 16.5. The van der Waals surface area contributed by atoms with Crippen molar-refractivity contribution in [3.05, 3.63) is 12.7 Å². The van der Waals surface area contributed by atoms with Crippen molar-refractivity contribution in [2.24, 2.45) is 0 Å². The molecule has 0 heterocycles. The maximum absolute atomic E-state index is 10.6. The van der Waals surface area contributed by atoms with Crippen LogP contribution in [0.2, 0.25) is 0 Å². The van der Waals surface area contributed by atoms with E-state index < -0.39 is 0 Å². The van der Waals surface area contributed by atoms with E-state index in [-0.39, 0.29) is 11.9 Å². The SMILES string of the molecule is C=CCC(CCCC(C)=O)OC. The number of carbonyl (C=O) groups is 1. The molecule has 0 aliphatic rings. The van der Waals surface area contributed by atoms with Crippen molar-refractivity contribution in [3.8, 4) is 0 Å². The van der Waals surface area contributed by atoms with Crippen LogP contribution in [0.1, 0.15) is 32.6 Å². The van der Waals surface area contributed by atoms with Crippen molar-refractivity contribution in [3.63, 3.8) is 0 Å². The molecule has 0 aliphatic heterocycles. The first kappa shape index (κ1) is 11.4. The molecule has 0 saturated heterocycles. The van der Waals surface area contributed by atoms with Crippen molar-refractivity contribution in [2.75, 3.05) is 7.11 Å². The fourth-order valence-electron chi connectivity index (χ4n) is 1.10. The normalized spacial score (nSPS) is 12.5. The molecule has 70 valence electrons. The number of hydrogen-bond acceptors (Lipinski definition) is 2. The highest BCUT2D eigenvalue weighted by Gasteiger charge is 2.04. The average Bonchev–Trinajstić information content (AvgIpc) is 2.02. The summed E-state index contributed by atoms with van der Waals surface area (Å²) in [6.45, 7) is 5.27. The molecular weight excluding hydrogens is 152 g/mol. The molecule has 1 atom stereocenters. The highest BCUT2D eigenvalue weighted by molar-refractivity contribution is 5.75. The second-order valence-electron chi connectivity index (χ2n) is 2.98. The maximum atomic E-state index is 10.6. The van der Waals surface area contributed by atoms with Crippen LogP contribution in [0.15, 0.2) is 12.7 Å². The van der Waals surface area contributed by atoms with Crippen LogP contribution in [0.3, 0.4) is 0 Å². The summed E-state index contributed by atoms with van der Waals surface area (Å²) in [4.78, 5) is 10.6. The first-order chi connectivity index (χ1) is 5.70. The molecule has 1 unspecified atom stereocenters. The summed E-state index contributed by atoms with van der Waals surface area (Å²) >= 11 is 0. The molecule has 0 aliphatic carbocycles. The molecule has 0 amide bonds. The van der Waals surface area contributed by atoms with E-state index in [2.05, 4.69) is 6.58 Å².